The Bertz CT molecular complexity index is 843. The zero-order chi connectivity index (χ0) is 18.8. The summed E-state index contributed by atoms with van der Waals surface area (Å²) in [6.45, 7) is 1.34. The van der Waals surface area contributed by atoms with E-state index in [9.17, 15) is 14.9 Å². The molecule has 1 aliphatic heterocycles. The number of benzene rings is 2. The molecule has 0 bridgehead atoms. The molecule has 1 unspecified atom stereocenters. The highest BCUT2D eigenvalue weighted by molar-refractivity contribution is 5.99. The van der Waals surface area contributed by atoms with E-state index in [1.807, 2.05) is 18.2 Å². The minimum Gasteiger partial charge on any atom is -0.378 e. The zero-order valence-corrected chi connectivity index (χ0v) is 15.1. The van der Waals surface area contributed by atoms with E-state index < -0.39 is 4.92 Å². The van der Waals surface area contributed by atoms with Crippen molar-refractivity contribution >= 4 is 17.3 Å². The number of anilines is 1. The van der Waals surface area contributed by atoms with Crippen LogP contribution in [0.4, 0.5) is 11.4 Å². The number of hydrogen-bond donors (Lipinski definition) is 1. The quantitative estimate of drug-likeness (QED) is 0.608. The third kappa shape index (κ3) is 3.79. The molecule has 1 heterocycles. The maximum atomic E-state index is 12.8. The molecule has 1 saturated heterocycles. The number of carbonyl (C=O) groups excluding carboxylic acids is 1. The number of nitro groups is 1. The summed E-state index contributed by atoms with van der Waals surface area (Å²) in [4.78, 5) is 25.5. The first kappa shape index (κ1) is 17.5. The van der Waals surface area contributed by atoms with Gasteiger partial charge in [-0.15, -0.1) is 0 Å². The highest BCUT2D eigenvalue weighted by Gasteiger charge is 2.33. The second-order valence-electron chi connectivity index (χ2n) is 7.36. The van der Waals surface area contributed by atoms with Crippen molar-refractivity contribution in [3.8, 4) is 0 Å². The van der Waals surface area contributed by atoms with Crippen LogP contribution in [-0.2, 0) is 0 Å². The normalized spacial score (nSPS) is 17.6. The van der Waals surface area contributed by atoms with E-state index in [0.717, 1.165) is 18.5 Å². The van der Waals surface area contributed by atoms with Gasteiger partial charge in [-0.05, 0) is 49.3 Å². The molecule has 1 amide bonds. The van der Waals surface area contributed by atoms with E-state index in [1.54, 1.807) is 17.0 Å². The SMILES string of the molecule is O=C(c1cc(NC(c2ccccc2)C2CC2)ccc1[N+](=O)[O-])N1CCCC1. The molecule has 6 nitrogen and oxygen atoms in total. The number of hydrogen-bond acceptors (Lipinski definition) is 4. The molecule has 140 valence electrons. The number of nitrogens with zero attached hydrogens (tertiary/aromatic N) is 2. The topological polar surface area (TPSA) is 75.5 Å². The molecule has 2 fully saturated rings. The van der Waals surface area contributed by atoms with Gasteiger partial charge in [0.15, 0.2) is 0 Å². The largest absolute Gasteiger partial charge is 0.378 e. The predicted octanol–water partition coefficient (Wildman–Crippen LogP) is 4.39. The molecule has 2 aromatic carbocycles. The Morgan fingerprint density at radius 2 is 1.81 bits per heavy atom. The minimum atomic E-state index is -0.470. The molecule has 0 spiro atoms. The lowest BCUT2D eigenvalue weighted by Gasteiger charge is -2.21. The first-order valence-electron chi connectivity index (χ1n) is 9.52. The predicted molar refractivity (Wildman–Crippen MR) is 104 cm³/mol. The third-order valence-electron chi connectivity index (χ3n) is 5.39. The zero-order valence-electron chi connectivity index (χ0n) is 15.1. The van der Waals surface area contributed by atoms with Crippen molar-refractivity contribution in [3.05, 3.63) is 69.8 Å². The van der Waals surface area contributed by atoms with Crippen molar-refractivity contribution in [2.24, 2.45) is 5.92 Å². The van der Waals surface area contributed by atoms with Crippen LogP contribution >= 0.6 is 0 Å². The lowest BCUT2D eigenvalue weighted by molar-refractivity contribution is -0.385. The molecular weight excluding hydrogens is 342 g/mol. The molecule has 27 heavy (non-hydrogen) atoms. The fourth-order valence-corrected chi connectivity index (χ4v) is 3.79. The molecular formula is C21H23N3O3. The maximum Gasteiger partial charge on any atom is 0.282 e. The number of likely N-dealkylation sites (tertiary alicyclic amines) is 1. The van der Waals surface area contributed by atoms with Crippen LogP contribution in [0.5, 0.6) is 0 Å². The van der Waals surface area contributed by atoms with Crippen LogP contribution in [-0.4, -0.2) is 28.8 Å². The Kier molecular flexibility index (Phi) is 4.79. The standard InChI is InChI=1S/C21H23N3O3/c25-21(23-12-4-5-13-23)18-14-17(10-11-19(18)24(26)27)22-20(16-8-9-16)15-6-2-1-3-7-15/h1-3,6-7,10-11,14,16,20,22H,4-5,8-9,12-13H2. The fraction of sp³-hybridized carbons (Fsp3) is 0.381. The number of carbonyl (C=O) groups is 1. The first-order chi connectivity index (χ1) is 13.1. The first-order valence-corrected chi connectivity index (χ1v) is 9.52. The monoisotopic (exact) mass is 365 g/mol. The van der Waals surface area contributed by atoms with E-state index in [4.69, 9.17) is 0 Å². The molecule has 2 aliphatic rings. The molecule has 1 saturated carbocycles. The Hall–Kier alpha value is -2.89. The van der Waals surface area contributed by atoms with Crippen molar-refractivity contribution in [2.45, 2.75) is 31.7 Å². The summed E-state index contributed by atoms with van der Waals surface area (Å²) in [6.07, 6.45) is 4.24. The fourth-order valence-electron chi connectivity index (χ4n) is 3.79. The average molecular weight is 365 g/mol. The van der Waals surface area contributed by atoms with Crippen molar-refractivity contribution in [1.82, 2.24) is 4.90 Å². The van der Waals surface area contributed by atoms with Gasteiger partial charge in [-0.2, -0.15) is 0 Å². The van der Waals surface area contributed by atoms with Gasteiger partial charge in [-0.1, -0.05) is 30.3 Å². The summed E-state index contributed by atoms with van der Waals surface area (Å²) in [7, 11) is 0. The lowest BCUT2D eigenvalue weighted by Crippen LogP contribution is -2.28. The van der Waals surface area contributed by atoms with Crippen LogP contribution in [0.1, 0.15) is 47.6 Å². The van der Waals surface area contributed by atoms with Gasteiger partial charge >= 0.3 is 0 Å². The third-order valence-corrected chi connectivity index (χ3v) is 5.39. The number of nitro benzene ring substituents is 1. The Morgan fingerprint density at radius 1 is 1.11 bits per heavy atom. The molecule has 0 radical (unpaired) electrons. The van der Waals surface area contributed by atoms with Crippen LogP contribution < -0.4 is 5.32 Å². The summed E-state index contributed by atoms with van der Waals surface area (Å²) < 4.78 is 0. The van der Waals surface area contributed by atoms with Crippen LogP contribution in [0.15, 0.2) is 48.5 Å². The summed E-state index contributed by atoms with van der Waals surface area (Å²) in [5, 5.41) is 14.9. The van der Waals surface area contributed by atoms with Crippen molar-refractivity contribution in [1.29, 1.82) is 0 Å². The highest BCUT2D eigenvalue weighted by Crippen LogP contribution is 2.43. The van der Waals surface area contributed by atoms with Gasteiger partial charge in [0, 0.05) is 24.8 Å². The Labute approximate surface area is 158 Å². The number of amides is 1. The maximum absolute atomic E-state index is 12.8. The second kappa shape index (κ2) is 7.39. The van der Waals surface area contributed by atoms with Gasteiger partial charge in [-0.3, -0.25) is 14.9 Å². The summed E-state index contributed by atoms with van der Waals surface area (Å²) in [5.41, 5.74) is 2.00. The Morgan fingerprint density at radius 3 is 2.44 bits per heavy atom. The average Bonchev–Trinajstić information content (AvgIpc) is 3.38. The van der Waals surface area contributed by atoms with Gasteiger partial charge in [0.1, 0.15) is 5.56 Å². The van der Waals surface area contributed by atoms with Gasteiger partial charge in [0.05, 0.1) is 11.0 Å². The van der Waals surface area contributed by atoms with Crippen LogP contribution in [0.2, 0.25) is 0 Å². The van der Waals surface area contributed by atoms with Gasteiger partial charge in [0.2, 0.25) is 0 Å². The summed E-state index contributed by atoms with van der Waals surface area (Å²) in [6, 6.07) is 15.2. The molecule has 4 rings (SSSR count). The smallest absolute Gasteiger partial charge is 0.282 e. The summed E-state index contributed by atoms with van der Waals surface area (Å²) in [5.74, 6) is 0.311. The number of rotatable bonds is 6. The number of nitrogens with one attached hydrogen (secondary N) is 1. The minimum absolute atomic E-state index is 0.125. The van der Waals surface area contributed by atoms with E-state index in [1.165, 1.54) is 24.5 Å². The van der Waals surface area contributed by atoms with Gasteiger partial charge < -0.3 is 10.2 Å². The molecule has 1 aliphatic carbocycles. The van der Waals surface area contributed by atoms with Crippen molar-refractivity contribution < 1.29 is 9.72 Å². The Balaban J connectivity index is 1.63. The van der Waals surface area contributed by atoms with E-state index in [-0.39, 0.29) is 23.2 Å². The molecule has 0 aromatic heterocycles. The van der Waals surface area contributed by atoms with Crippen molar-refractivity contribution in [3.63, 3.8) is 0 Å². The molecule has 6 heteroatoms. The van der Waals surface area contributed by atoms with Gasteiger partial charge in [-0.25, -0.2) is 0 Å². The molecule has 1 N–H and O–H groups in total. The highest BCUT2D eigenvalue weighted by atomic mass is 16.6. The van der Waals surface area contributed by atoms with Crippen LogP contribution in [0, 0.1) is 16.0 Å². The summed E-state index contributed by atoms with van der Waals surface area (Å²) >= 11 is 0. The lowest BCUT2D eigenvalue weighted by atomic mass is 10.0. The molecule has 1 atom stereocenters. The van der Waals surface area contributed by atoms with E-state index in [0.29, 0.717) is 19.0 Å². The van der Waals surface area contributed by atoms with Crippen molar-refractivity contribution in [2.75, 3.05) is 18.4 Å². The second-order valence-corrected chi connectivity index (χ2v) is 7.36. The molecule has 2 aromatic rings. The van der Waals surface area contributed by atoms with Gasteiger partial charge in [0.25, 0.3) is 11.6 Å². The van der Waals surface area contributed by atoms with Crippen LogP contribution in [0.25, 0.3) is 0 Å². The van der Waals surface area contributed by atoms with E-state index in [2.05, 4.69) is 17.4 Å². The van der Waals surface area contributed by atoms with Crippen LogP contribution in [0.3, 0.4) is 0 Å². The van der Waals surface area contributed by atoms with E-state index >= 15 is 0 Å².